The van der Waals surface area contributed by atoms with Crippen LogP contribution in [0.4, 0.5) is 0 Å². The summed E-state index contributed by atoms with van der Waals surface area (Å²) < 4.78 is 12.1. The second-order valence-electron chi connectivity index (χ2n) is 8.01. The molecule has 1 saturated heterocycles. The van der Waals surface area contributed by atoms with Crippen molar-refractivity contribution >= 4 is 0 Å². The molecule has 0 radical (unpaired) electrons. The van der Waals surface area contributed by atoms with Gasteiger partial charge in [-0.1, -0.05) is 72.8 Å². The number of nitrogens with zero attached hydrogens (tertiary/aromatic N) is 1. The first-order valence-electron chi connectivity index (χ1n) is 10.4. The Bertz CT molecular complexity index is 1030. The van der Waals surface area contributed by atoms with Crippen molar-refractivity contribution in [1.82, 2.24) is 4.90 Å². The Morgan fingerprint density at radius 3 is 2.30 bits per heavy atom. The third-order valence-electron chi connectivity index (χ3n) is 6.03. The maximum absolute atomic E-state index is 11.6. The van der Waals surface area contributed by atoms with E-state index in [4.69, 9.17) is 9.47 Å². The van der Waals surface area contributed by atoms with Gasteiger partial charge in [-0.25, -0.2) is 0 Å². The zero-order valence-electron chi connectivity index (χ0n) is 16.8. The lowest BCUT2D eigenvalue weighted by molar-refractivity contribution is -0.0537. The lowest BCUT2D eigenvalue weighted by atomic mass is 9.80. The van der Waals surface area contributed by atoms with Crippen LogP contribution in [0.25, 0.3) is 0 Å². The molecule has 3 aromatic carbocycles. The molecule has 2 aliphatic rings. The predicted octanol–water partition coefficient (Wildman–Crippen LogP) is 4.85. The zero-order valence-corrected chi connectivity index (χ0v) is 16.8. The van der Waals surface area contributed by atoms with Gasteiger partial charge in [0, 0.05) is 19.5 Å². The van der Waals surface area contributed by atoms with E-state index in [2.05, 4.69) is 29.2 Å². The third-order valence-corrected chi connectivity index (χ3v) is 6.03. The summed E-state index contributed by atoms with van der Waals surface area (Å²) in [5.41, 5.74) is 1.29. The molecule has 3 aromatic rings. The second-order valence-corrected chi connectivity index (χ2v) is 8.01. The molecule has 0 amide bonds. The minimum absolute atomic E-state index is 0.0995. The molecule has 2 unspecified atom stereocenters. The number of benzene rings is 3. The van der Waals surface area contributed by atoms with Crippen LogP contribution in [0.2, 0.25) is 0 Å². The molecule has 2 heterocycles. The van der Waals surface area contributed by atoms with Crippen LogP contribution in [-0.2, 0) is 12.1 Å². The van der Waals surface area contributed by atoms with Crippen molar-refractivity contribution in [3.05, 3.63) is 108 Å². The van der Waals surface area contributed by atoms with Gasteiger partial charge < -0.3 is 14.6 Å². The summed E-state index contributed by atoms with van der Waals surface area (Å²) >= 11 is 0. The van der Waals surface area contributed by atoms with Crippen LogP contribution in [0.3, 0.4) is 0 Å². The number of likely N-dealkylation sites (tertiary alicyclic amines) is 1. The maximum atomic E-state index is 11.6. The van der Waals surface area contributed by atoms with E-state index < -0.39 is 5.60 Å². The van der Waals surface area contributed by atoms with E-state index in [0.29, 0.717) is 24.3 Å². The van der Waals surface area contributed by atoms with Crippen molar-refractivity contribution in [1.29, 1.82) is 0 Å². The first-order chi connectivity index (χ1) is 14.7. The van der Waals surface area contributed by atoms with Crippen LogP contribution in [0, 0.1) is 0 Å². The fraction of sp³-hybridized carbons (Fsp3) is 0.231. The summed E-state index contributed by atoms with van der Waals surface area (Å²) in [6, 6.07) is 27.9. The Balaban J connectivity index is 1.46. The van der Waals surface area contributed by atoms with Gasteiger partial charge in [-0.3, -0.25) is 4.90 Å². The van der Waals surface area contributed by atoms with Gasteiger partial charge in [0.05, 0.1) is 11.6 Å². The van der Waals surface area contributed by atoms with Crippen LogP contribution >= 0.6 is 0 Å². The third kappa shape index (κ3) is 3.72. The van der Waals surface area contributed by atoms with Gasteiger partial charge in [-0.2, -0.15) is 0 Å². The van der Waals surface area contributed by atoms with E-state index >= 15 is 0 Å². The maximum Gasteiger partial charge on any atom is 0.169 e. The topological polar surface area (TPSA) is 41.9 Å². The highest BCUT2D eigenvalue weighted by atomic mass is 16.6. The van der Waals surface area contributed by atoms with Gasteiger partial charge in [0.1, 0.15) is 6.26 Å². The lowest BCUT2D eigenvalue weighted by Crippen LogP contribution is -2.50. The molecule has 5 rings (SSSR count). The molecule has 1 N–H and O–H groups in total. The van der Waals surface area contributed by atoms with Crippen molar-refractivity contribution in [3.8, 4) is 11.5 Å². The number of aliphatic hydroxyl groups is 1. The lowest BCUT2D eigenvalue weighted by Gasteiger charge is -2.45. The minimum atomic E-state index is -0.903. The van der Waals surface area contributed by atoms with Gasteiger partial charge in [-0.15, -0.1) is 0 Å². The Morgan fingerprint density at radius 2 is 1.53 bits per heavy atom. The van der Waals surface area contributed by atoms with E-state index in [0.717, 1.165) is 24.4 Å². The molecule has 1 fully saturated rings. The first-order valence-corrected chi connectivity index (χ1v) is 10.4. The second kappa shape index (κ2) is 7.98. The molecule has 2 aliphatic heterocycles. The minimum Gasteiger partial charge on any atom is -0.457 e. The van der Waals surface area contributed by atoms with Gasteiger partial charge in [0.25, 0.3) is 0 Å². The van der Waals surface area contributed by atoms with Crippen molar-refractivity contribution in [2.24, 2.45) is 0 Å². The van der Waals surface area contributed by atoms with E-state index in [9.17, 15) is 5.11 Å². The van der Waals surface area contributed by atoms with Crippen LogP contribution in [-0.4, -0.2) is 22.6 Å². The zero-order chi connectivity index (χ0) is 20.4. The Kier molecular flexibility index (Phi) is 5.03. The Labute approximate surface area is 177 Å². The van der Waals surface area contributed by atoms with Crippen LogP contribution in [0.1, 0.15) is 24.0 Å². The van der Waals surface area contributed by atoms with Gasteiger partial charge in [0.2, 0.25) is 0 Å². The molecule has 0 bridgehead atoms. The SMILES string of the molecule is OC1(c2ccccc2)CCN(Cc2ccccc2)C(C2=COc3ccccc3O2)C1. The average molecular weight is 399 g/mol. The fourth-order valence-electron chi connectivity index (χ4n) is 4.38. The summed E-state index contributed by atoms with van der Waals surface area (Å²) in [5, 5.41) is 11.6. The Morgan fingerprint density at radius 1 is 0.867 bits per heavy atom. The van der Waals surface area contributed by atoms with Gasteiger partial charge in [-0.05, 0) is 29.7 Å². The number of ether oxygens (including phenoxy) is 2. The van der Waals surface area contributed by atoms with Crippen LogP contribution in [0.5, 0.6) is 11.5 Å². The molecule has 152 valence electrons. The summed E-state index contributed by atoms with van der Waals surface area (Å²) in [7, 11) is 0. The van der Waals surface area contributed by atoms with Crippen LogP contribution in [0.15, 0.2) is 97.0 Å². The molecule has 4 heteroatoms. The summed E-state index contributed by atoms with van der Waals surface area (Å²) in [5.74, 6) is 2.16. The largest absolute Gasteiger partial charge is 0.457 e. The summed E-state index contributed by atoms with van der Waals surface area (Å²) in [6.45, 7) is 1.55. The van der Waals surface area contributed by atoms with Crippen molar-refractivity contribution < 1.29 is 14.6 Å². The highest BCUT2D eigenvalue weighted by molar-refractivity contribution is 5.43. The number of piperidine rings is 1. The van der Waals surface area contributed by atoms with Gasteiger partial charge in [0.15, 0.2) is 17.3 Å². The number of rotatable bonds is 4. The van der Waals surface area contributed by atoms with E-state index in [1.807, 2.05) is 60.7 Å². The van der Waals surface area contributed by atoms with E-state index in [-0.39, 0.29) is 6.04 Å². The molecular weight excluding hydrogens is 374 g/mol. The highest BCUT2D eigenvalue weighted by Gasteiger charge is 2.42. The van der Waals surface area contributed by atoms with Gasteiger partial charge >= 0.3 is 0 Å². The predicted molar refractivity (Wildman–Crippen MR) is 116 cm³/mol. The standard InChI is InChI=1S/C26H25NO3/c28-26(21-11-5-2-6-12-21)15-16-27(18-20-9-3-1-4-10-20)22(17-26)25-19-29-23-13-7-8-14-24(23)30-25/h1-14,19,22,28H,15-18H2. The number of hydrogen-bond acceptors (Lipinski definition) is 4. The first kappa shape index (κ1) is 18.9. The quantitative estimate of drug-likeness (QED) is 0.681. The molecule has 4 nitrogen and oxygen atoms in total. The van der Waals surface area contributed by atoms with Crippen molar-refractivity contribution in [3.63, 3.8) is 0 Å². The summed E-state index contributed by atoms with van der Waals surface area (Å²) in [4.78, 5) is 2.37. The molecule has 0 aromatic heterocycles. The number of para-hydroxylation sites is 2. The average Bonchev–Trinajstić information content (AvgIpc) is 2.81. The van der Waals surface area contributed by atoms with Crippen LogP contribution < -0.4 is 9.47 Å². The fourth-order valence-corrected chi connectivity index (χ4v) is 4.38. The highest BCUT2D eigenvalue weighted by Crippen LogP contribution is 2.41. The molecule has 30 heavy (non-hydrogen) atoms. The smallest absolute Gasteiger partial charge is 0.169 e. The Hall–Kier alpha value is -3.08. The van der Waals surface area contributed by atoms with E-state index in [1.54, 1.807) is 6.26 Å². The molecule has 2 atom stereocenters. The number of fused-ring (bicyclic) bond motifs is 1. The normalized spacial score (nSPS) is 23.6. The van der Waals surface area contributed by atoms with Crippen molar-refractivity contribution in [2.75, 3.05) is 6.54 Å². The molecule has 0 spiro atoms. The number of hydrogen-bond donors (Lipinski definition) is 1. The molecule has 0 saturated carbocycles. The van der Waals surface area contributed by atoms with E-state index in [1.165, 1.54) is 5.56 Å². The monoisotopic (exact) mass is 399 g/mol. The molecular formula is C26H25NO3. The summed E-state index contributed by atoms with van der Waals surface area (Å²) in [6.07, 6.45) is 2.91. The van der Waals surface area contributed by atoms with Crippen molar-refractivity contribution in [2.45, 2.75) is 31.0 Å². The molecule has 0 aliphatic carbocycles.